The van der Waals surface area contributed by atoms with E-state index in [0.717, 1.165) is 29.5 Å². The zero-order valence-corrected chi connectivity index (χ0v) is 22.2. The maximum Gasteiger partial charge on any atom is 0.429 e. The fraction of sp³-hybridized carbons (Fsp3) is 0.517. The fourth-order valence-corrected chi connectivity index (χ4v) is 4.44. The number of hydrazine groups is 1. The number of rotatable bonds is 5. The molecule has 0 N–H and O–H groups in total. The third kappa shape index (κ3) is 7.23. The molecule has 0 saturated carbocycles. The molecule has 2 atom stereocenters. The van der Waals surface area contributed by atoms with E-state index < -0.39 is 23.4 Å². The molecule has 1 aliphatic rings. The van der Waals surface area contributed by atoms with Crippen molar-refractivity contribution in [3.8, 4) is 11.1 Å². The van der Waals surface area contributed by atoms with Gasteiger partial charge in [-0.1, -0.05) is 67.9 Å². The Kier molecular flexibility index (Phi) is 8.14. The molecular weight excluding hydrogens is 440 g/mol. The molecular formula is C29H40N2O4. The molecule has 2 amide bonds. The van der Waals surface area contributed by atoms with E-state index in [9.17, 15) is 9.59 Å². The van der Waals surface area contributed by atoms with Crippen molar-refractivity contribution < 1.29 is 19.1 Å². The number of hydrogen-bond acceptors (Lipinski definition) is 4. The summed E-state index contributed by atoms with van der Waals surface area (Å²) in [5.41, 5.74) is 2.06. The molecule has 1 heterocycles. The van der Waals surface area contributed by atoms with Gasteiger partial charge in [0.15, 0.2) is 0 Å². The summed E-state index contributed by atoms with van der Waals surface area (Å²) in [4.78, 5) is 26.7. The molecule has 2 aromatic rings. The maximum atomic E-state index is 13.4. The van der Waals surface area contributed by atoms with Crippen LogP contribution in [0, 0.1) is 0 Å². The third-order valence-electron chi connectivity index (χ3n) is 5.78. The van der Waals surface area contributed by atoms with Gasteiger partial charge < -0.3 is 9.47 Å². The van der Waals surface area contributed by atoms with Crippen LogP contribution in [0.5, 0.6) is 0 Å². The highest BCUT2D eigenvalue weighted by molar-refractivity contribution is 5.76. The largest absolute Gasteiger partial charge is 0.442 e. The van der Waals surface area contributed by atoms with E-state index in [1.165, 1.54) is 10.0 Å². The number of nitrogens with zero attached hydrogens (tertiary/aromatic N) is 2. The second-order valence-corrected chi connectivity index (χ2v) is 11.2. The van der Waals surface area contributed by atoms with E-state index in [2.05, 4.69) is 43.3 Å². The second kappa shape index (κ2) is 10.7. The molecule has 2 aromatic carbocycles. The standard InChI is InChI=1S/C29H40N2O4/c1-8-12-24-20-25(19-21-15-17-23(18-16-21)22-13-10-9-11-14-22)31(27(33)35-29(5,6)7)30(24)26(32)34-28(2,3)4/h9-11,13-18,24-25H,8,12,19-20H2,1-7H3/t24-,25-/m1/s1. The van der Waals surface area contributed by atoms with Crippen molar-refractivity contribution in [2.75, 3.05) is 0 Å². The number of ether oxygens (including phenoxy) is 2. The van der Waals surface area contributed by atoms with Crippen LogP contribution in [0.2, 0.25) is 0 Å². The Hall–Kier alpha value is -3.02. The predicted molar refractivity (Wildman–Crippen MR) is 139 cm³/mol. The summed E-state index contributed by atoms with van der Waals surface area (Å²) in [5, 5.41) is 3.01. The first-order chi connectivity index (χ1) is 16.4. The van der Waals surface area contributed by atoms with E-state index in [1.807, 2.05) is 59.7 Å². The fourth-order valence-electron chi connectivity index (χ4n) is 4.44. The lowest BCUT2D eigenvalue weighted by molar-refractivity contribution is -0.0639. The van der Waals surface area contributed by atoms with Gasteiger partial charge in [-0.2, -0.15) is 0 Å². The smallest absolute Gasteiger partial charge is 0.429 e. The van der Waals surface area contributed by atoms with Crippen LogP contribution >= 0.6 is 0 Å². The van der Waals surface area contributed by atoms with Crippen molar-refractivity contribution in [3.63, 3.8) is 0 Å². The minimum Gasteiger partial charge on any atom is -0.442 e. The quantitative estimate of drug-likeness (QED) is 0.453. The van der Waals surface area contributed by atoms with E-state index in [4.69, 9.17) is 9.47 Å². The lowest BCUT2D eigenvalue weighted by Crippen LogP contribution is -2.53. The summed E-state index contributed by atoms with van der Waals surface area (Å²) >= 11 is 0. The SMILES string of the molecule is CCC[C@@H]1C[C@@H](Cc2ccc(-c3ccccc3)cc2)N(C(=O)OC(C)(C)C)N1C(=O)OC(C)(C)C. The zero-order valence-electron chi connectivity index (χ0n) is 22.2. The molecule has 6 heteroatoms. The number of hydrogen-bond donors (Lipinski definition) is 0. The number of benzene rings is 2. The van der Waals surface area contributed by atoms with Gasteiger partial charge in [-0.05, 0) is 77.5 Å². The number of carbonyl (C=O) groups excluding carboxylic acids is 2. The van der Waals surface area contributed by atoms with Crippen LogP contribution in [0.3, 0.4) is 0 Å². The van der Waals surface area contributed by atoms with Gasteiger partial charge in [0.25, 0.3) is 0 Å². The first kappa shape index (κ1) is 26.6. The van der Waals surface area contributed by atoms with Gasteiger partial charge in [0.05, 0.1) is 12.1 Å². The van der Waals surface area contributed by atoms with Gasteiger partial charge >= 0.3 is 12.2 Å². The number of carbonyl (C=O) groups is 2. The van der Waals surface area contributed by atoms with Crippen molar-refractivity contribution >= 4 is 12.2 Å². The van der Waals surface area contributed by atoms with Gasteiger partial charge in [-0.25, -0.2) is 19.6 Å². The van der Waals surface area contributed by atoms with Gasteiger partial charge in [-0.15, -0.1) is 0 Å². The van der Waals surface area contributed by atoms with Crippen LogP contribution in [0.15, 0.2) is 54.6 Å². The molecule has 35 heavy (non-hydrogen) atoms. The van der Waals surface area contributed by atoms with E-state index in [0.29, 0.717) is 12.8 Å². The summed E-state index contributed by atoms with van der Waals surface area (Å²) in [7, 11) is 0. The molecule has 3 rings (SSSR count). The Balaban J connectivity index is 1.89. The van der Waals surface area contributed by atoms with Crippen LogP contribution < -0.4 is 0 Å². The van der Waals surface area contributed by atoms with E-state index in [1.54, 1.807) is 0 Å². The molecule has 1 aliphatic heterocycles. The predicted octanol–water partition coefficient (Wildman–Crippen LogP) is 7.23. The summed E-state index contributed by atoms with van der Waals surface area (Å²) in [6, 6.07) is 18.3. The molecule has 6 nitrogen and oxygen atoms in total. The molecule has 190 valence electrons. The Morgan fingerprint density at radius 3 is 1.74 bits per heavy atom. The second-order valence-electron chi connectivity index (χ2n) is 11.2. The first-order valence-electron chi connectivity index (χ1n) is 12.6. The molecule has 0 aromatic heterocycles. The summed E-state index contributed by atoms with van der Waals surface area (Å²) in [6.07, 6.45) is 1.93. The van der Waals surface area contributed by atoms with Crippen molar-refractivity contribution in [3.05, 3.63) is 60.2 Å². The van der Waals surface area contributed by atoms with Crippen LogP contribution in [0.4, 0.5) is 9.59 Å². The van der Waals surface area contributed by atoms with Crippen molar-refractivity contribution in [1.29, 1.82) is 0 Å². The summed E-state index contributed by atoms with van der Waals surface area (Å²) in [6.45, 7) is 13.1. The van der Waals surface area contributed by atoms with Crippen LogP contribution in [-0.2, 0) is 15.9 Å². The average Bonchev–Trinajstić information content (AvgIpc) is 3.11. The van der Waals surface area contributed by atoms with E-state index >= 15 is 0 Å². The van der Waals surface area contributed by atoms with Gasteiger partial charge in [0.1, 0.15) is 11.2 Å². The highest BCUT2D eigenvalue weighted by Gasteiger charge is 2.47. The van der Waals surface area contributed by atoms with E-state index in [-0.39, 0.29) is 12.1 Å². The summed E-state index contributed by atoms with van der Waals surface area (Å²) < 4.78 is 11.5. The molecule has 0 aliphatic carbocycles. The lowest BCUT2D eigenvalue weighted by Gasteiger charge is -2.36. The molecule has 1 fully saturated rings. The van der Waals surface area contributed by atoms with Crippen LogP contribution in [-0.4, -0.2) is 45.5 Å². The molecule has 0 unspecified atom stereocenters. The van der Waals surface area contributed by atoms with Gasteiger partial charge in [0.2, 0.25) is 0 Å². The average molecular weight is 481 g/mol. The van der Waals surface area contributed by atoms with Gasteiger partial charge in [0, 0.05) is 0 Å². The third-order valence-corrected chi connectivity index (χ3v) is 5.78. The Labute approximate surface area is 210 Å². The Morgan fingerprint density at radius 2 is 1.26 bits per heavy atom. The van der Waals surface area contributed by atoms with Crippen molar-refractivity contribution in [2.24, 2.45) is 0 Å². The molecule has 0 bridgehead atoms. The zero-order chi connectivity index (χ0) is 25.8. The molecule has 0 spiro atoms. The minimum atomic E-state index is -0.679. The van der Waals surface area contributed by atoms with Crippen molar-refractivity contribution in [2.45, 2.75) is 97.4 Å². The van der Waals surface area contributed by atoms with Crippen molar-refractivity contribution in [1.82, 2.24) is 10.0 Å². The number of amides is 2. The Bertz CT molecular complexity index is 990. The summed E-state index contributed by atoms with van der Waals surface area (Å²) in [5.74, 6) is 0. The van der Waals surface area contributed by atoms with Crippen LogP contribution in [0.25, 0.3) is 11.1 Å². The van der Waals surface area contributed by atoms with Crippen LogP contribution in [0.1, 0.15) is 73.3 Å². The Morgan fingerprint density at radius 1 is 0.771 bits per heavy atom. The lowest BCUT2D eigenvalue weighted by atomic mass is 9.97. The maximum absolute atomic E-state index is 13.4. The molecule has 1 saturated heterocycles. The first-order valence-corrected chi connectivity index (χ1v) is 12.6. The normalized spacial score (nSPS) is 18.5. The highest BCUT2D eigenvalue weighted by atomic mass is 16.6. The topological polar surface area (TPSA) is 59.1 Å². The minimum absolute atomic E-state index is 0.129. The molecule has 0 radical (unpaired) electrons. The van der Waals surface area contributed by atoms with Gasteiger partial charge in [-0.3, -0.25) is 0 Å². The highest BCUT2D eigenvalue weighted by Crippen LogP contribution is 2.33. The monoisotopic (exact) mass is 480 g/mol.